The number of nitrogens with zero attached hydrogens (tertiary/aromatic N) is 3. The molecule has 2 aromatic heterocycles. The number of hydrogen-bond donors (Lipinski definition) is 1. The molecule has 1 fully saturated rings. The van der Waals surface area contributed by atoms with E-state index >= 15 is 0 Å². The van der Waals surface area contributed by atoms with Crippen molar-refractivity contribution in [2.45, 2.75) is 51.7 Å². The molecule has 0 radical (unpaired) electrons. The summed E-state index contributed by atoms with van der Waals surface area (Å²) in [7, 11) is 0. The number of imidazole rings is 1. The van der Waals surface area contributed by atoms with Crippen LogP contribution in [0.3, 0.4) is 0 Å². The average Bonchev–Trinajstić information content (AvgIpc) is 3.15. The topological polar surface area (TPSA) is 93.0 Å². The van der Waals surface area contributed by atoms with Gasteiger partial charge in [-0.2, -0.15) is 0 Å². The number of aromatic nitrogens is 2. The predicted molar refractivity (Wildman–Crippen MR) is 97.8 cm³/mol. The molecule has 0 spiro atoms. The van der Waals surface area contributed by atoms with Gasteiger partial charge in [0.05, 0.1) is 5.69 Å². The van der Waals surface area contributed by atoms with Crippen molar-refractivity contribution < 1.29 is 19.1 Å². The summed E-state index contributed by atoms with van der Waals surface area (Å²) >= 11 is 0. The molecular formula is C19H24N4O4. The van der Waals surface area contributed by atoms with Crippen molar-refractivity contribution in [3.8, 4) is 0 Å². The van der Waals surface area contributed by atoms with Crippen LogP contribution in [0.5, 0.6) is 0 Å². The first-order valence-electron chi connectivity index (χ1n) is 9.21. The molecule has 0 saturated carbocycles. The van der Waals surface area contributed by atoms with E-state index in [1.54, 1.807) is 6.20 Å². The van der Waals surface area contributed by atoms with Crippen LogP contribution in [0, 0.1) is 0 Å². The van der Waals surface area contributed by atoms with Gasteiger partial charge in [0.25, 0.3) is 5.91 Å². The van der Waals surface area contributed by atoms with E-state index in [-0.39, 0.29) is 12.5 Å². The second-order valence-corrected chi connectivity index (χ2v) is 6.76. The fourth-order valence-electron chi connectivity index (χ4n) is 3.52. The van der Waals surface area contributed by atoms with Crippen LogP contribution in [0.4, 0.5) is 4.79 Å². The number of rotatable bonds is 8. The van der Waals surface area contributed by atoms with Gasteiger partial charge >= 0.3 is 12.0 Å². The second kappa shape index (κ2) is 7.77. The third kappa shape index (κ3) is 3.79. The Morgan fingerprint density at radius 2 is 1.96 bits per heavy atom. The maximum atomic E-state index is 12.8. The highest BCUT2D eigenvalue weighted by Gasteiger charge is 2.50. The number of amides is 3. The molecule has 0 atom stereocenters. The lowest BCUT2D eigenvalue weighted by molar-refractivity contribution is -0.149. The first-order chi connectivity index (χ1) is 13.0. The van der Waals surface area contributed by atoms with Crippen LogP contribution in [-0.2, 0) is 20.9 Å². The number of hydrogen-bond acceptors (Lipinski definition) is 5. The number of carbonyl (C=O) groups is 3. The molecule has 8 heteroatoms. The lowest BCUT2D eigenvalue weighted by Gasteiger charge is -2.25. The van der Waals surface area contributed by atoms with E-state index in [1.165, 1.54) is 0 Å². The quantitative estimate of drug-likeness (QED) is 0.567. The van der Waals surface area contributed by atoms with Gasteiger partial charge < -0.3 is 14.5 Å². The lowest BCUT2D eigenvalue weighted by atomic mass is 9.88. The SMILES string of the molecule is CCCC1(CCC)NC(=O)N(CC(=O)OCc2cn3ccccc3n2)C1=O. The molecule has 1 aliphatic heterocycles. The molecule has 144 valence electrons. The molecule has 0 aliphatic carbocycles. The Morgan fingerprint density at radius 1 is 1.22 bits per heavy atom. The Labute approximate surface area is 157 Å². The van der Waals surface area contributed by atoms with Crippen molar-refractivity contribution in [1.29, 1.82) is 0 Å². The highest BCUT2D eigenvalue weighted by molar-refractivity contribution is 6.08. The summed E-state index contributed by atoms with van der Waals surface area (Å²) in [6.07, 6.45) is 6.25. The van der Waals surface area contributed by atoms with Crippen molar-refractivity contribution in [1.82, 2.24) is 19.6 Å². The normalized spacial score (nSPS) is 16.0. The summed E-state index contributed by atoms with van der Waals surface area (Å²) in [5.41, 5.74) is 0.447. The molecule has 27 heavy (non-hydrogen) atoms. The van der Waals surface area contributed by atoms with Crippen LogP contribution in [0.1, 0.15) is 45.2 Å². The summed E-state index contributed by atoms with van der Waals surface area (Å²) in [6.45, 7) is 3.51. The van der Waals surface area contributed by atoms with Gasteiger partial charge in [0.15, 0.2) is 0 Å². The van der Waals surface area contributed by atoms with E-state index in [0.717, 1.165) is 23.4 Å². The molecule has 0 unspecified atom stereocenters. The van der Waals surface area contributed by atoms with Gasteiger partial charge in [0, 0.05) is 12.4 Å². The van der Waals surface area contributed by atoms with Crippen molar-refractivity contribution in [3.05, 3.63) is 36.3 Å². The second-order valence-electron chi connectivity index (χ2n) is 6.76. The molecule has 3 heterocycles. The fraction of sp³-hybridized carbons (Fsp3) is 0.474. The Hall–Kier alpha value is -2.90. The summed E-state index contributed by atoms with van der Waals surface area (Å²) < 4.78 is 7.04. The highest BCUT2D eigenvalue weighted by Crippen LogP contribution is 2.28. The van der Waals surface area contributed by atoms with Crippen molar-refractivity contribution in [2.75, 3.05) is 6.54 Å². The van der Waals surface area contributed by atoms with Gasteiger partial charge in [-0.05, 0) is 25.0 Å². The third-order valence-electron chi connectivity index (χ3n) is 4.68. The predicted octanol–water partition coefficient (Wildman–Crippen LogP) is 2.27. The van der Waals surface area contributed by atoms with Gasteiger partial charge in [-0.15, -0.1) is 0 Å². The van der Waals surface area contributed by atoms with Crippen LogP contribution in [0.15, 0.2) is 30.6 Å². The zero-order valence-corrected chi connectivity index (χ0v) is 15.6. The number of urea groups is 1. The van der Waals surface area contributed by atoms with Gasteiger partial charge in [-0.1, -0.05) is 32.8 Å². The summed E-state index contributed by atoms with van der Waals surface area (Å²) in [6, 6.07) is 5.06. The number of nitrogens with one attached hydrogen (secondary N) is 1. The molecule has 0 bridgehead atoms. The molecule has 0 aromatic carbocycles. The molecular weight excluding hydrogens is 348 g/mol. The van der Waals surface area contributed by atoms with Gasteiger partial charge in [0.2, 0.25) is 0 Å². The van der Waals surface area contributed by atoms with E-state index in [1.807, 2.05) is 42.6 Å². The van der Waals surface area contributed by atoms with Crippen LogP contribution in [0.2, 0.25) is 0 Å². The minimum absolute atomic E-state index is 0.0147. The summed E-state index contributed by atoms with van der Waals surface area (Å²) in [4.78, 5) is 42.5. The van der Waals surface area contributed by atoms with E-state index in [4.69, 9.17) is 4.74 Å². The fourth-order valence-corrected chi connectivity index (χ4v) is 3.52. The Morgan fingerprint density at radius 3 is 2.63 bits per heavy atom. The third-order valence-corrected chi connectivity index (χ3v) is 4.68. The van der Waals surface area contributed by atoms with E-state index in [2.05, 4.69) is 10.3 Å². The number of fused-ring (bicyclic) bond motifs is 1. The number of carbonyl (C=O) groups excluding carboxylic acids is 3. The maximum Gasteiger partial charge on any atom is 0.326 e. The molecule has 1 saturated heterocycles. The monoisotopic (exact) mass is 372 g/mol. The van der Waals surface area contributed by atoms with E-state index < -0.39 is 24.1 Å². The van der Waals surface area contributed by atoms with Crippen LogP contribution in [-0.4, -0.2) is 44.3 Å². The zero-order valence-electron chi connectivity index (χ0n) is 15.6. The molecule has 1 aliphatic rings. The number of esters is 1. The smallest absolute Gasteiger partial charge is 0.326 e. The Balaban J connectivity index is 1.61. The molecule has 3 amide bonds. The standard InChI is InChI=1S/C19H24N4O4/c1-3-8-19(9-4-2)17(25)23(18(26)21-19)12-16(24)27-13-14-11-22-10-6-5-7-15(22)20-14/h5-7,10-11H,3-4,8-9,12-13H2,1-2H3,(H,21,26). The first kappa shape index (κ1) is 18.9. The molecule has 3 rings (SSSR count). The lowest BCUT2D eigenvalue weighted by Crippen LogP contribution is -2.47. The van der Waals surface area contributed by atoms with Crippen LogP contribution < -0.4 is 5.32 Å². The van der Waals surface area contributed by atoms with Crippen molar-refractivity contribution in [3.63, 3.8) is 0 Å². The van der Waals surface area contributed by atoms with Gasteiger partial charge in [-0.3, -0.25) is 14.5 Å². The minimum Gasteiger partial charge on any atom is -0.458 e. The van der Waals surface area contributed by atoms with E-state index in [9.17, 15) is 14.4 Å². The van der Waals surface area contributed by atoms with E-state index in [0.29, 0.717) is 18.5 Å². The highest BCUT2D eigenvalue weighted by atomic mass is 16.5. The van der Waals surface area contributed by atoms with Crippen LogP contribution >= 0.6 is 0 Å². The average molecular weight is 372 g/mol. The van der Waals surface area contributed by atoms with Crippen molar-refractivity contribution >= 4 is 23.6 Å². The number of pyridine rings is 1. The molecule has 1 N–H and O–H groups in total. The first-order valence-corrected chi connectivity index (χ1v) is 9.21. The maximum absolute atomic E-state index is 12.8. The van der Waals surface area contributed by atoms with Gasteiger partial charge in [0.1, 0.15) is 24.3 Å². The Kier molecular flexibility index (Phi) is 5.43. The number of imide groups is 1. The number of ether oxygens (including phenoxy) is 1. The zero-order chi connectivity index (χ0) is 19.4. The molecule has 2 aromatic rings. The molecule has 8 nitrogen and oxygen atoms in total. The minimum atomic E-state index is -0.900. The Bertz CT molecular complexity index is 821. The summed E-state index contributed by atoms with van der Waals surface area (Å²) in [5.74, 6) is -0.986. The van der Waals surface area contributed by atoms with Crippen LogP contribution in [0.25, 0.3) is 5.65 Å². The largest absolute Gasteiger partial charge is 0.458 e. The summed E-state index contributed by atoms with van der Waals surface area (Å²) in [5, 5.41) is 2.78. The van der Waals surface area contributed by atoms with Gasteiger partial charge in [-0.25, -0.2) is 9.78 Å². The van der Waals surface area contributed by atoms with Crippen molar-refractivity contribution in [2.24, 2.45) is 0 Å².